The molecule has 3 aromatic rings. The van der Waals surface area contributed by atoms with Gasteiger partial charge in [0, 0.05) is 5.69 Å². The first-order chi connectivity index (χ1) is 13.8. The van der Waals surface area contributed by atoms with Crippen LogP contribution in [-0.2, 0) is 4.79 Å². The fourth-order valence-electron chi connectivity index (χ4n) is 2.52. The van der Waals surface area contributed by atoms with Crippen LogP contribution in [0.25, 0.3) is 0 Å². The zero-order valence-corrected chi connectivity index (χ0v) is 17.4. The highest BCUT2D eigenvalue weighted by atomic mass is 32.2. The molecule has 152 valence electrons. The number of hydrogen-bond acceptors (Lipinski definition) is 6. The van der Waals surface area contributed by atoms with Crippen LogP contribution < -0.4 is 10.1 Å². The van der Waals surface area contributed by atoms with E-state index in [0.717, 1.165) is 28.6 Å². The number of halogens is 1. The van der Waals surface area contributed by atoms with E-state index >= 15 is 0 Å². The largest absolute Gasteiger partial charge is 0.478 e. The van der Waals surface area contributed by atoms with Gasteiger partial charge in [0.05, 0.1) is 5.25 Å². The van der Waals surface area contributed by atoms with Gasteiger partial charge in [0.25, 0.3) is 11.1 Å². The molecule has 1 heterocycles. The Kier molecular flexibility index (Phi) is 6.53. The van der Waals surface area contributed by atoms with Crippen molar-refractivity contribution in [3.63, 3.8) is 0 Å². The minimum atomic E-state index is -0.632. The second-order valence-electron chi connectivity index (χ2n) is 6.66. The summed E-state index contributed by atoms with van der Waals surface area (Å²) in [5, 5.41) is 10.6. The van der Waals surface area contributed by atoms with Crippen LogP contribution in [0.2, 0.25) is 0 Å². The van der Waals surface area contributed by atoms with Gasteiger partial charge < -0.3 is 14.5 Å². The number of anilines is 1. The third-order valence-electron chi connectivity index (χ3n) is 4.21. The molecule has 8 heteroatoms. The number of carbonyl (C=O) groups excluding carboxylic acids is 1. The number of thioether (sulfide) groups is 1. The van der Waals surface area contributed by atoms with Crippen LogP contribution in [0.15, 0.2) is 52.1 Å². The summed E-state index contributed by atoms with van der Waals surface area (Å²) in [4.78, 5) is 12.5. The molecular weight excluding hydrogens is 393 g/mol. The van der Waals surface area contributed by atoms with E-state index in [1.165, 1.54) is 12.1 Å². The fraction of sp³-hybridized carbons (Fsp3) is 0.286. The smallest absolute Gasteiger partial charge is 0.277 e. The highest BCUT2D eigenvalue weighted by molar-refractivity contribution is 8.00. The highest BCUT2D eigenvalue weighted by Crippen LogP contribution is 2.28. The van der Waals surface area contributed by atoms with Crippen molar-refractivity contribution in [3.05, 3.63) is 65.3 Å². The number of amides is 1. The zero-order valence-electron chi connectivity index (χ0n) is 16.6. The quantitative estimate of drug-likeness (QED) is 0.542. The number of nitrogens with one attached hydrogen (secondary N) is 1. The Morgan fingerprint density at radius 1 is 1.17 bits per heavy atom. The van der Waals surface area contributed by atoms with Crippen LogP contribution in [0, 0.1) is 19.7 Å². The summed E-state index contributed by atoms with van der Waals surface area (Å²) >= 11 is 1.15. The van der Waals surface area contributed by atoms with Crippen molar-refractivity contribution in [2.75, 3.05) is 5.32 Å². The van der Waals surface area contributed by atoms with Gasteiger partial charge in [0.1, 0.15) is 0 Å². The Balaban J connectivity index is 1.61. The molecule has 3 rings (SSSR count). The van der Waals surface area contributed by atoms with E-state index in [1.807, 2.05) is 32.0 Å². The average molecular weight is 415 g/mol. The first-order valence-corrected chi connectivity index (χ1v) is 10.0. The van der Waals surface area contributed by atoms with E-state index < -0.39 is 17.2 Å². The summed E-state index contributed by atoms with van der Waals surface area (Å²) in [7, 11) is 0. The molecule has 0 bridgehead atoms. The number of para-hydroxylation sites is 1. The van der Waals surface area contributed by atoms with E-state index in [-0.39, 0.29) is 22.8 Å². The summed E-state index contributed by atoms with van der Waals surface area (Å²) in [5.41, 5.74) is 2.83. The van der Waals surface area contributed by atoms with Crippen molar-refractivity contribution < 1.29 is 18.3 Å². The predicted molar refractivity (Wildman–Crippen MR) is 110 cm³/mol. The predicted octanol–water partition coefficient (Wildman–Crippen LogP) is 5.08. The second-order valence-corrected chi connectivity index (χ2v) is 7.96. The van der Waals surface area contributed by atoms with E-state index in [0.29, 0.717) is 0 Å². The first kappa shape index (κ1) is 20.9. The van der Waals surface area contributed by atoms with Gasteiger partial charge in [-0.25, -0.2) is 4.39 Å². The fourth-order valence-corrected chi connectivity index (χ4v) is 3.21. The molecule has 1 N–H and O–H groups in total. The normalized spacial score (nSPS) is 13.0. The minimum Gasteiger partial charge on any atom is -0.478 e. The monoisotopic (exact) mass is 415 g/mol. The molecule has 0 saturated heterocycles. The number of hydrogen-bond donors (Lipinski definition) is 1. The lowest BCUT2D eigenvalue weighted by Crippen LogP contribution is -2.22. The van der Waals surface area contributed by atoms with Crippen molar-refractivity contribution in [2.24, 2.45) is 0 Å². The number of benzene rings is 2. The third kappa shape index (κ3) is 5.35. The van der Waals surface area contributed by atoms with Crippen LogP contribution in [0.1, 0.15) is 37.0 Å². The van der Waals surface area contributed by atoms with Crippen molar-refractivity contribution in [1.82, 2.24) is 10.2 Å². The van der Waals surface area contributed by atoms with Gasteiger partial charge >= 0.3 is 0 Å². The maximum absolute atomic E-state index is 13.7. The number of carbonyl (C=O) groups is 1. The number of nitrogens with zero attached hydrogens (tertiary/aromatic N) is 2. The van der Waals surface area contributed by atoms with E-state index in [9.17, 15) is 9.18 Å². The zero-order chi connectivity index (χ0) is 21.0. The Morgan fingerprint density at radius 2 is 1.93 bits per heavy atom. The maximum Gasteiger partial charge on any atom is 0.277 e. The Morgan fingerprint density at radius 3 is 2.69 bits per heavy atom. The van der Waals surface area contributed by atoms with Gasteiger partial charge in [-0.1, -0.05) is 36.0 Å². The molecule has 2 atom stereocenters. The number of ether oxygens (including phenoxy) is 1. The Hall–Kier alpha value is -2.87. The van der Waals surface area contributed by atoms with E-state index in [1.54, 1.807) is 26.0 Å². The van der Waals surface area contributed by atoms with Crippen molar-refractivity contribution in [1.29, 1.82) is 0 Å². The summed E-state index contributed by atoms with van der Waals surface area (Å²) < 4.78 is 24.8. The lowest BCUT2D eigenvalue weighted by Gasteiger charge is -2.13. The lowest BCUT2D eigenvalue weighted by molar-refractivity contribution is -0.115. The Labute approximate surface area is 172 Å². The minimum absolute atomic E-state index is 0.105. The molecular formula is C21H22FN3O3S. The average Bonchev–Trinajstić information content (AvgIpc) is 3.15. The first-order valence-electron chi connectivity index (χ1n) is 9.13. The standard InChI is InChI=1S/C21H22FN3O3S/c1-12-9-10-13(2)17(11-12)23-19(26)15(4)29-21-25-24-20(28-21)14(3)27-18-8-6-5-7-16(18)22/h5-11,14-15H,1-4H3,(H,23,26)/t14-,15+/m1/s1. The molecule has 0 fully saturated rings. The molecule has 0 aliphatic rings. The van der Waals surface area contributed by atoms with Gasteiger partial charge in [-0.05, 0) is 57.0 Å². The highest BCUT2D eigenvalue weighted by Gasteiger charge is 2.22. The molecule has 0 aliphatic heterocycles. The topological polar surface area (TPSA) is 77.2 Å². The maximum atomic E-state index is 13.7. The SMILES string of the molecule is Cc1ccc(C)c(NC(=O)[C@H](C)Sc2nnc([C@@H](C)Oc3ccccc3F)o2)c1. The molecule has 29 heavy (non-hydrogen) atoms. The third-order valence-corrected chi connectivity index (χ3v) is 5.14. The summed E-state index contributed by atoms with van der Waals surface area (Å²) in [6.45, 7) is 7.35. The summed E-state index contributed by atoms with van der Waals surface area (Å²) in [5.74, 6) is -0.323. The van der Waals surface area contributed by atoms with Gasteiger partial charge in [-0.15, -0.1) is 10.2 Å². The molecule has 6 nitrogen and oxygen atoms in total. The van der Waals surface area contributed by atoms with Crippen LogP contribution in [-0.4, -0.2) is 21.4 Å². The van der Waals surface area contributed by atoms with Crippen molar-refractivity contribution in [2.45, 2.75) is 44.3 Å². The van der Waals surface area contributed by atoms with Gasteiger partial charge in [-0.2, -0.15) is 0 Å². The molecule has 1 aromatic heterocycles. The van der Waals surface area contributed by atoms with Crippen LogP contribution in [0.3, 0.4) is 0 Å². The lowest BCUT2D eigenvalue weighted by atomic mass is 10.1. The number of aromatic nitrogens is 2. The van der Waals surface area contributed by atoms with Gasteiger partial charge in [-0.3, -0.25) is 4.79 Å². The molecule has 1 amide bonds. The van der Waals surface area contributed by atoms with Crippen LogP contribution in [0.4, 0.5) is 10.1 Å². The van der Waals surface area contributed by atoms with Crippen molar-refractivity contribution >= 4 is 23.4 Å². The molecule has 0 unspecified atom stereocenters. The number of aryl methyl sites for hydroxylation is 2. The van der Waals surface area contributed by atoms with Gasteiger partial charge in [0.15, 0.2) is 17.7 Å². The molecule has 0 aliphatic carbocycles. The van der Waals surface area contributed by atoms with E-state index in [2.05, 4.69) is 15.5 Å². The van der Waals surface area contributed by atoms with Crippen LogP contribution >= 0.6 is 11.8 Å². The van der Waals surface area contributed by atoms with Crippen LogP contribution in [0.5, 0.6) is 5.75 Å². The van der Waals surface area contributed by atoms with Gasteiger partial charge in [0.2, 0.25) is 5.91 Å². The summed E-state index contributed by atoms with van der Waals surface area (Å²) in [6, 6.07) is 12.0. The molecule has 0 saturated carbocycles. The Bertz CT molecular complexity index is 1010. The van der Waals surface area contributed by atoms with Crippen molar-refractivity contribution in [3.8, 4) is 5.75 Å². The molecule has 0 radical (unpaired) electrons. The number of rotatable bonds is 7. The second kappa shape index (κ2) is 9.09. The molecule has 0 spiro atoms. The van der Waals surface area contributed by atoms with E-state index in [4.69, 9.17) is 9.15 Å². The summed E-state index contributed by atoms with van der Waals surface area (Å²) in [6.07, 6.45) is -0.632. The molecule has 2 aromatic carbocycles.